The van der Waals surface area contributed by atoms with E-state index in [2.05, 4.69) is 29.5 Å². The first kappa shape index (κ1) is 19.9. The fourth-order valence-electron chi connectivity index (χ4n) is 3.42. The van der Waals surface area contributed by atoms with Crippen LogP contribution in [-0.2, 0) is 20.8 Å². The lowest BCUT2D eigenvalue weighted by Crippen LogP contribution is -2.26. The molecule has 0 fully saturated rings. The van der Waals surface area contributed by atoms with Crippen molar-refractivity contribution < 1.29 is 14.3 Å². The maximum absolute atomic E-state index is 12.6. The van der Waals surface area contributed by atoms with E-state index in [0.29, 0.717) is 12.2 Å². The summed E-state index contributed by atoms with van der Waals surface area (Å²) >= 11 is 0. The van der Waals surface area contributed by atoms with E-state index in [9.17, 15) is 4.79 Å². The van der Waals surface area contributed by atoms with E-state index in [0.717, 1.165) is 17.7 Å². The normalized spacial score (nSPS) is 20.1. The summed E-state index contributed by atoms with van der Waals surface area (Å²) in [5.41, 5.74) is 2.61. The zero-order valence-corrected chi connectivity index (χ0v) is 16.8. The molecule has 0 aliphatic heterocycles. The number of methoxy groups -OCH3 is 2. The summed E-state index contributed by atoms with van der Waals surface area (Å²) in [7, 11) is 3.21. The molecule has 1 aliphatic carbocycles. The number of aromatic nitrogens is 2. The van der Waals surface area contributed by atoms with Gasteiger partial charge in [0.25, 0.3) is 5.91 Å². The van der Waals surface area contributed by atoms with Crippen LogP contribution >= 0.6 is 0 Å². The van der Waals surface area contributed by atoms with Gasteiger partial charge in [0.05, 0.1) is 31.3 Å². The van der Waals surface area contributed by atoms with Gasteiger partial charge in [0, 0.05) is 18.7 Å². The molecule has 1 aliphatic rings. The van der Waals surface area contributed by atoms with Crippen molar-refractivity contribution >= 4 is 11.6 Å². The summed E-state index contributed by atoms with van der Waals surface area (Å²) < 4.78 is 12.7. The molecule has 1 aromatic carbocycles. The second kappa shape index (κ2) is 8.44. The monoisotopic (exact) mass is 381 g/mol. The van der Waals surface area contributed by atoms with Gasteiger partial charge in [-0.25, -0.2) is 0 Å². The summed E-state index contributed by atoms with van der Waals surface area (Å²) in [5.74, 6) is 0.669. The molecule has 6 nitrogen and oxygen atoms in total. The molecule has 2 aromatic rings. The highest BCUT2D eigenvalue weighted by molar-refractivity contribution is 5.94. The third-order valence-electron chi connectivity index (χ3n) is 5.25. The van der Waals surface area contributed by atoms with Gasteiger partial charge in [0.1, 0.15) is 0 Å². The summed E-state index contributed by atoms with van der Waals surface area (Å²) in [6, 6.07) is 9.41. The van der Waals surface area contributed by atoms with E-state index in [1.165, 1.54) is 12.7 Å². The Morgan fingerprint density at radius 2 is 2.04 bits per heavy atom. The molecule has 28 heavy (non-hydrogen) atoms. The first-order chi connectivity index (χ1) is 13.5. The molecule has 0 spiro atoms. The van der Waals surface area contributed by atoms with Crippen LogP contribution in [0.3, 0.4) is 0 Å². The van der Waals surface area contributed by atoms with Crippen LogP contribution in [0.1, 0.15) is 31.9 Å². The van der Waals surface area contributed by atoms with Gasteiger partial charge in [-0.15, -0.1) is 0 Å². The van der Waals surface area contributed by atoms with Crippen molar-refractivity contribution in [3.8, 4) is 0 Å². The number of hydrogen-bond acceptors (Lipinski definition) is 4. The number of carbonyl (C=O) groups is 1. The molecule has 0 radical (unpaired) electrons. The highest BCUT2D eigenvalue weighted by Crippen LogP contribution is 2.42. The standard InChI is InChI=1S/C22H27N3O3/c1-16(27-3)19(22(2)11-8-12-22)15-25-14-18(13-23-25)24-21(26)20(28-4)17-9-6-5-7-10-17/h5-11,13-14,20H,12,15H2,1-4H3,(H,24,26)/b19-16-/t20-,22?/m1/s1. The first-order valence-electron chi connectivity index (χ1n) is 9.30. The van der Waals surface area contributed by atoms with Crippen LogP contribution in [0.15, 0.2) is 66.2 Å². The third-order valence-corrected chi connectivity index (χ3v) is 5.25. The fourth-order valence-corrected chi connectivity index (χ4v) is 3.42. The summed E-state index contributed by atoms with van der Waals surface area (Å²) in [5, 5.41) is 7.29. The molecule has 6 heteroatoms. The molecule has 3 rings (SSSR count). The van der Waals surface area contributed by atoms with Crippen LogP contribution in [0.4, 0.5) is 5.69 Å². The van der Waals surface area contributed by atoms with Crippen molar-refractivity contribution in [1.29, 1.82) is 0 Å². The SMILES string of the molecule is CO/C(C)=C(/Cn1cc(NC(=O)[C@H](OC)c2ccccc2)cn1)C1(C)C=CC1. The number of rotatable bonds is 8. The predicted octanol–water partition coefficient (Wildman–Crippen LogP) is 4.10. The molecule has 0 bridgehead atoms. The van der Waals surface area contributed by atoms with E-state index in [1.54, 1.807) is 13.3 Å². The van der Waals surface area contributed by atoms with E-state index >= 15 is 0 Å². The van der Waals surface area contributed by atoms with Crippen molar-refractivity contribution in [2.24, 2.45) is 5.41 Å². The van der Waals surface area contributed by atoms with E-state index in [-0.39, 0.29) is 11.3 Å². The number of hydrogen-bond donors (Lipinski definition) is 1. The first-order valence-corrected chi connectivity index (χ1v) is 9.30. The quantitative estimate of drug-likeness (QED) is 0.552. The average Bonchev–Trinajstić information content (AvgIpc) is 3.12. The van der Waals surface area contributed by atoms with Crippen LogP contribution in [0.25, 0.3) is 0 Å². The van der Waals surface area contributed by atoms with Crippen LogP contribution < -0.4 is 5.32 Å². The second-order valence-corrected chi connectivity index (χ2v) is 7.21. The Morgan fingerprint density at radius 1 is 1.32 bits per heavy atom. The molecule has 1 aromatic heterocycles. The molecule has 1 unspecified atom stereocenters. The number of ether oxygens (including phenoxy) is 2. The number of nitrogens with zero attached hydrogens (tertiary/aromatic N) is 2. The van der Waals surface area contributed by atoms with Gasteiger partial charge in [0.15, 0.2) is 6.10 Å². The lowest BCUT2D eigenvalue weighted by atomic mass is 9.71. The van der Waals surface area contributed by atoms with E-state index in [4.69, 9.17) is 9.47 Å². The van der Waals surface area contributed by atoms with Crippen LogP contribution in [0.2, 0.25) is 0 Å². The minimum Gasteiger partial charge on any atom is -0.501 e. The third kappa shape index (κ3) is 4.17. The molecular weight excluding hydrogens is 354 g/mol. The smallest absolute Gasteiger partial charge is 0.258 e. The van der Waals surface area contributed by atoms with Crippen molar-refractivity contribution in [2.75, 3.05) is 19.5 Å². The van der Waals surface area contributed by atoms with Gasteiger partial charge in [-0.1, -0.05) is 49.4 Å². The Bertz CT molecular complexity index is 885. The number of carbonyl (C=O) groups excluding carboxylic acids is 1. The molecule has 1 heterocycles. The molecule has 1 amide bonds. The topological polar surface area (TPSA) is 65.4 Å². The minimum atomic E-state index is -0.672. The predicted molar refractivity (Wildman–Crippen MR) is 109 cm³/mol. The molecule has 148 valence electrons. The zero-order chi connectivity index (χ0) is 20.1. The van der Waals surface area contributed by atoms with Crippen molar-refractivity contribution in [3.05, 3.63) is 71.8 Å². The van der Waals surface area contributed by atoms with Gasteiger partial charge in [0.2, 0.25) is 0 Å². The Hall–Kier alpha value is -2.86. The Kier molecular flexibility index (Phi) is 5.99. The number of amides is 1. The number of benzene rings is 1. The molecular formula is C22H27N3O3. The van der Waals surface area contributed by atoms with Crippen LogP contribution in [-0.4, -0.2) is 29.9 Å². The lowest BCUT2D eigenvalue weighted by Gasteiger charge is -2.35. The zero-order valence-electron chi connectivity index (χ0n) is 16.8. The average molecular weight is 381 g/mol. The van der Waals surface area contributed by atoms with Gasteiger partial charge in [-0.2, -0.15) is 5.10 Å². The van der Waals surface area contributed by atoms with Crippen LogP contribution in [0, 0.1) is 5.41 Å². The Labute approximate surface area is 165 Å². The Morgan fingerprint density at radius 3 is 2.61 bits per heavy atom. The van der Waals surface area contributed by atoms with Gasteiger partial charge >= 0.3 is 0 Å². The maximum Gasteiger partial charge on any atom is 0.258 e. The summed E-state index contributed by atoms with van der Waals surface area (Å²) in [4.78, 5) is 12.6. The Balaban J connectivity index is 1.71. The highest BCUT2D eigenvalue weighted by Gasteiger charge is 2.32. The largest absolute Gasteiger partial charge is 0.501 e. The summed E-state index contributed by atoms with van der Waals surface area (Å²) in [6.07, 6.45) is 8.14. The van der Waals surface area contributed by atoms with E-state index < -0.39 is 6.10 Å². The maximum atomic E-state index is 12.6. The minimum absolute atomic E-state index is 0.0100. The highest BCUT2D eigenvalue weighted by atomic mass is 16.5. The van der Waals surface area contributed by atoms with Gasteiger partial charge in [-0.3, -0.25) is 9.48 Å². The number of allylic oxidation sites excluding steroid dienone is 4. The van der Waals surface area contributed by atoms with Gasteiger partial charge in [-0.05, 0) is 24.5 Å². The fraction of sp³-hybridized carbons (Fsp3) is 0.364. The van der Waals surface area contributed by atoms with Crippen molar-refractivity contribution in [1.82, 2.24) is 9.78 Å². The molecule has 0 saturated heterocycles. The van der Waals surface area contributed by atoms with Crippen molar-refractivity contribution in [2.45, 2.75) is 32.9 Å². The molecule has 1 N–H and O–H groups in total. The second-order valence-electron chi connectivity index (χ2n) is 7.21. The molecule has 0 saturated carbocycles. The van der Waals surface area contributed by atoms with Crippen LogP contribution in [0.5, 0.6) is 0 Å². The molecule has 2 atom stereocenters. The summed E-state index contributed by atoms with van der Waals surface area (Å²) in [6.45, 7) is 4.77. The number of nitrogens with one attached hydrogen (secondary N) is 1. The van der Waals surface area contributed by atoms with Crippen molar-refractivity contribution in [3.63, 3.8) is 0 Å². The lowest BCUT2D eigenvalue weighted by molar-refractivity contribution is -0.126. The van der Waals surface area contributed by atoms with Gasteiger partial charge < -0.3 is 14.8 Å². The number of anilines is 1. The van der Waals surface area contributed by atoms with E-state index in [1.807, 2.05) is 48.1 Å².